The Morgan fingerprint density at radius 2 is 2.12 bits per heavy atom. The fraction of sp³-hybridized carbons (Fsp3) is 0.917. The van der Waals surface area contributed by atoms with E-state index in [0.717, 1.165) is 32.1 Å². The van der Waals surface area contributed by atoms with Crippen LogP contribution in [-0.4, -0.2) is 32.2 Å². The molecule has 1 atom stereocenters. The van der Waals surface area contributed by atoms with E-state index in [1.165, 1.54) is 0 Å². The van der Waals surface area contributed by atoms with Crippen LogP contribution >= 0.6 is 0 Å². The van der Waals surface area contributed by atoms with Gasteiger partial charge in [-0.05, 0) is 26.2 Å². The van der Waals surface area contributed by atoms with Crippen LogP contribution in [0.2, 0.25) is 0 Å². The quantitative estimate of drug-likeness (QED) is 0.714. The Morgan fingerprint density at radius 1 is 1.50 bits per heavy atom. The van der Waals surface area contributed by atoms with Gasteiger partial charge in [-0.15, -0.1) is 0 Å². The summed E-state index contributed by atoms with van der Waals surface area (Å²) in [7, 11) is 1.67. The molecule has 0 aliphatic heterocycles. The molecule has 1 aliphatic carbocycles. The predicted molar refractivity (Wildman–Crippen MR) is 64.1 cm³/mol. The molecule has 0 heterocycles. The third kappa shape index (κ3) is 3.19. The Labute approximate surface area is 97.9 Å². The molecule has 0 spiro atoms. The molecule has 94 valence electrons. The van der Waals surface area contributed by atoms with Crippen molar-refractivity contribution in [2.24, 2.45) is 11.1 Å². The molecule has 0 aromatic heterocycles. The minimum Gasteiger partial charge on any atom is -0.385 e. The summed E-state index contributed by atoms with van der Waals surface area (Å²) in [6.45, 7) is 3.16. The van der Waals surface area contributed by atoms with E-state index < -0.39 is 0 Å². The number of carbonyl (C=O) groups excluding carboxylic acids is 1. The molecule has 0 aromatic carbocycles. The Balaban J connectivity index is 2.43. The average Bonchev–Trinajstić information content (AvgIpc) is 2.76. The van der Waals surface area contributed by atoms with Gasteiger partial charge in [-0.1, -0.05) is 12.8 Å². The molecule has 1 rings (SSSR count). The summed E-state index contributed by atoms with van der Waals surface area (Å²) in [4.78, 5) is 12.1. The van der Waals surface area contributed by atoms with E-state index in [1.54, 1.807) is 7.11 Å². The van der Waals surface area contributed by atoms with Gasteiger partial charge in [-0.25, -0.2) is 0 Å². The van der Waals surface area contributed by atoms with Crippen LogP contribution in [-0.2, 0) is 9.53 Å². The van der Waals surface area contributed by atoms with Gasteiger partial charge in [-0.3, -0.25) is 4.79 Å². The maximum absolute atomic E-state index is 12.1. The van der Waals surface area contributed by atoms with E-state index in [0.29, 0.717) is 13.2 Å². The number of hydrogen-bond acceptors (Lipinski definition) is 3. The van der Waals surface area contributed by atoms with E-state index >= 15 is 0 Å². The van der Waals surface area contributed by atoms with Crippen LogP contribution in [0.4, 0.5) is 0 Å². The van der Waals surface area contributed by atoms with Crippen molar-refractivity contribution in [1.29, 1.82) is 0 Å². The highest BCUT2D eigenvalue weighted by atomic mass is 16.5. The zero-order chi connectivity index (χ0) is 12.0. The normalized spacial score (nSPS) is 20.7. The SMILES string of the molecule is COCCC(C)NC(=O)C1(CN)CCCC1. The first-order chi connectivity index (χ1) is 7.64. The largest absolute Gasteiger partial charge is 0.385 e. The van der Waals surface area contributed by atoms with Gasteiger partial charge in [0.05, 0.1) is 5.41 Å². The van der Waals surface area contributed by atoms with Crippen molar-refractivity contribution >= 4 is 5.91 Å². The molecule has 4 heteroatoms. The maximum atomic E-state index is 12.1. The minimum atomic E-state index is -0.290. The summed E-state index contributed by atoms with van der Waals surface area (Å²) in [5.74, 6) is 0.135. The Morgan fingerprint density at radius 3 is 2.62 bits per heavy atom. The predicted octanol–water partition coefficient (Wildman–Crippen LogP) is 1.05. The highest BCUT2D eigenvalue weighted by Gasteiger charge is 2.39. The van der Waals surface area contributed by atoms with Crippen molar-refractivity contribution in [2.45, 2.75) is 45.1 Å². The van der Waals surface area contributed by atoms with Crippen molar-refractivity contribution in [3.8, 4) is 0 Å². The topological polar surface area (TPSA) is 64.3 Å². The van der Waals surface area contributed by atoms with Crippen molar-refractivity contribution in [2.75, 3.05) is 20.3 Å². The molecule has 1 fully saturated rings. The lowest BCUT2D eigenvalue weighted by Crippen LogP contribution is -2.47. The summed E-state index contributed by atoms with van der Waals surface area (Å²) in [6, 6.07) is 0.163. The summed E-state index contributed by atoms with van der Waals surface area (Å²) in [6.07, 6.45) is 4.97. The van der Waals surface area contributed by atoms with Gasteiger partial charge in [0.1, 0.15) is 0 Å². The Kier molecular flexibility index (Phi) is 5.22. The zero-order valence-corrected chi connectivity index (χ0v) is 10.4. The second kappa shape index (κ2) is 6.21. The third-order valence-electron chi connectivity index (χ3n) is 3.57. The molecule has 1 saturated carbocycles. The third-order valence-corrected chi connectivity index (χ3v) is 3.57. The number of methoxy groups -OCH3 is 1. The van der Waals surface area contributed by atoms with E-state index in [9.17, 15) is 4.79 Å². The van der Waals surface area contributed by atoms with Crippen molar-refractivity contribution in [3.63, 3.8) is 0 Å². The monoisotopic (exact) mass is 228 g/mol. The Bertz CT molecular complexity index is 225. The van der Waals surface area contributed by atoms with E-state index in [4.69, 9.17) is 10.5 Å². The lowest BCUT2D eigenvalue weighted by atomic mass is 9.85. The van der Waals surface area contributed by atoms with E-state index in [-0.39, 0.29) is 17.4 Å². The lowest BCUT2D eigenvalue weighted by molar-refractivity contribution is -0.131. The lowest BCUT2D eigenvalue weighted by Gasteiger charge is -2.27. The number of amides is 1. The first-order valence-electron chi connectivity index (χ1n) is 6.14. The smallest absolute Gasteiger partial charge is 0.227 e. The average molecular weight is 228 g/mol. The molecule has 16 heavy (non-hydrogen) atoms. The van der Waals surface area contributed by atoms with Crippen LogP contribution in [0.3, 0.4) is 0 Å². The first kappa shape index (κ1) is 13.5. The van der Waals surface area contributed by atoms with Gasteiger partial charge in [0.25, 0.3) is 0 Å². The zero-order valence-electron chi connectivity index (χ0n) is 10.4. The van der Waals surface area contributed by atoms with Gasteiger partial charge in [-0.2, -0.15) is 0 Å². The molecular weight excluding hydrogens is 204 g/mol. The highest BCUT2D eigenvalue weighted by Crippen LogP contribution is 2.37. The summed E-state index contributed by atoms with van der Waals surface area (Å²) >= 11 is 0. The maximum Gasteiger partial charge on any atom is 0.227 e. The molecule has 1 amide bonds. The molecule has 1 aliphatic rings. The van der Waals surface area contributed by atoms with Crippen molar-refractivity contribution < 1.29 is 9.53 Å². The van der Waals surface area contributed by atoms with Crippen LogP contribution in [0, 0.1) is 5.41 Å². The molecule has 0 saturated heterocycles. The number of rotatable bonds is 6. The molecular formula is C12H24N2O2. The van der Waals surface area contributed by atoms with E-state index in [1.807, 2.05) is 6.92 Å². The van der Waals surface area contributed by atoms with Gasteiger partial charge in [0.2, 0.25) is 5.91 Å². The first-order valence-corrected chi connectivity index (χ1v) is 6.14. The second-order valence-electron chi connectivity index (χ2n) is 4.85. The van der Waals surface area contributed by atoms with Crippen LogP contribution in [0.15, 0.2) is 0 Å². The van der Waals surface area contributed by atoms with Gasteiger partial charge in [0.15, 0.2) is 0 Å². The number of carbonyl (C=O) groups is 1. The van der Waals surface area contributed by atoms with Crippen LogP contribution in [0.25, 0.3) is 0 Å². The number of ether oxygens (including phenoxy) is 1. The fourth-order valence-corrected chi connectivity index (χ4v) is 2.32. The van der Waals surface area contributed by atoms with Gasteiger partial charge in [0, 0.05) is 26.3 Å². The summed E-state index contributed by atoms with van der Waals surface area (Å²) in [5, 5.41) is 3.05. The summed E-state index contributed by atoms with van der Waals surface area (Å²) < 4.78 is 5.00. The molecule has 0 bridgehead atoms. The van der Waals surface area contributed by atoms with Crippen LogP contribution in [0.1, 0.15) is 39.0 Å². The van der Waals surface area contributed by atoms with Gasteiger partial charge >= 0.3 is 0 Å². The highest BCUT2D eigenvalue weighted by molar-refractivity contribution is 5.83. The Hall–Kier alpha value is -0.610. The van der Waals surface area contributed by atoms with Crippen LogP contribution in [0.5, 0.6) is 0 Å². The van der Waals surface area contributed by atoms with Crippen LogP contribution < -0.4 is 11.1 Å². The van der Waals surface area contributed by atoms with Gasteiger partial charge < -0.3 is 15.8 Å². The van der Waals surface area contributed by atoms with Crippen molar-refractivity contribution in [3.05, 3.63) is 0 Å². The molecule has 4 nitrogen and oxygen atoms in total. The fourth-order valence-electron chi connectivity index (χ4n) is 2.32. The van der Waals surface area contributed by atoms with Crippen molar-refractivity contribution in [1.82, 2.24) is 5.32 Å². The molecule has 1 unspecified atom stereocenters. The van der Waals surface area contributed by atoms with E-state index in [2.05, 4.69) is 5.32 Å². The standard InChI is InChI=1S/C12H24N2O2/c1-10(5-8-16-2)14-11(15)12(9-13)6-3-4-7-12/h10H,3-9,13H2,1-2H3,(H,14,15). The second-order valence-corrected chi connectivity index (χ2v) is 4.85. The molecule has 0 radical (unpaired) electrons. The summed E-state index contributed by atoms with van der Waals surface area (Å²) in [5.41, 5.74) is 5.47. The number of hydrogen-bond donors (Lipinski definition) is 2. The molecule has 0 aromatic rings. The minimum absolute atomic E-state index is 0.135. The molecule has 3 N–H and O–H groups in total. The number of nitrogens with two attached hydrogens (primary N) is 1. The number of nitrogens with one attached hydrogen (secondary N) is 1.